The molecule has 0 aliphatic rings. The Labute approximate surface area is 153 Å². The van der Waals surface area contributed by atoms with E-state index < -0.39 is 5.91 Å². The molecule has 0 bridgehead atoms. The zero-order valence-electron chi connectivity index (χ0n) is 14.1. The highest BCUT2D eigenvalue weighted by Gasteiger charge is 2.17. The molecule has 7 heteroatoms. The van der Waals surface area contributed by atoms with Crippen LogP contribution in [0.5, 0.6) is 0 Å². The topological polar surface area (TPSA) is 91.9 Å². The van der Waals surface area contributed by atoms with Gasteiger partial charge in [-0.1, -0.05) is 41.7 Å². The largest absolute Gasteiger partial charge is 0.329 e. The monoisotopic (exact) mass is 367 g/mol. The molecular formula is C19H17N3O3S. The maximum atomic E-state index is 12.5. The van der Waals surface area contributed by atoms with Gasteiger partial charge in [0.15, 0.2) is 10.9 Å². The van der Waals surface area contributed by atoms with Crippen LogP contribution < -0.4 is 10.9 Å². The lowest BCUT2D eigenvalue weighted by atomic mass is 10.1. The molecular weight excluding hydrogens is 350 g/mol. The highest BCUT2D eigenvalue weighted by atomic mass is 32.1. The van der Waals surface area contributed by atoms with Crippen molar-refractivity contribution in [1.29, 1.82) is 0 Å². The molecule has 26 heavy (non-hydrogen) atoms. The number of ketones is 1. The molecule has 0 radical (unpaired) electrons. The van der Waals surface area contributed by atoms with Gasteiger partial charge in [-0.2, -0.15) is 0 Å². The number of aromatic nitrogens is 2. The summed E-state index contributed by atoms with van der Waals surface area (Å²) in [7, 11) is 0. The highest BCUT2D eigenvalue weighted by molar-refractivity contribution is 7.17. The van der Waals surface area contributed by atoms with E-state index in [1.54, 1.807) is 6.92 Å². The van der Waals surface area contributed by atoms with Gasteiger partial charge >= 0.3 is 0 Å². The Kier molecular flexibility index (Phi) is 5.38. The van der Waals surface area contributed by atoms with Crippen LogP contribution in [0.15, 0.2) is 53.5 Å². The molecule has 0 spiro atoms. The Balaban J connectivity index is 1.67. The van der Waals surface area contributed by atoms with Crippen molar-refractivity contribution in [3.8, 4) is 0 Å². The predicted molar refractivity (Wildman–Crippen MR) is 101 cm³/mol. The molecule has 2 aromatic heterocycles. The molecule has 1 amide bonds. The second-order valence-electron chi connectivity index (χ2n) is 5.74. The van der Waals surface area contributed by atoms with Gasteiger partial charge in [-0.3, -0.25) is 19.7 Å². The minimum absolute atomic E-state index is 0.000470. The second kappa shape index (κ2) is 7.88. The molecule has 1 aromatic carbocycles. The van der Waals surface area contributed by atoms with Gasteiger partial charge in [0.25, 0.3) is 5.91 Å². The molecule has 2 N–H and O–H groups in total. The average Bonchev–Trinajstić information content (AvgIpc) is 3.01. The minimum Gasteiger partial charge on any atom is -0.329 e. The number of pyridine rings is 1. The van der Waals surface area contributed by atoms with Crippen molar-refractivity contribution in [1.82, 2.24) is 9.97 Å². The number of nitrogens with zero attached hydrogens (tertiary/aromatic N) is 1. The van der Waals surface area contributed by atoms with Crippen molar-refractivity contribution in [2.75, 3.05) is 5.32 Å². The third-order valence-electron chi connectivity index (χ3n) is 3.79. The molecule has 0 unspecified atom stereocenters. The quantitative estimate of drug-likeness (QED) is 0.655. The number of aromatic amines is 1. The van der Waals surface area contributed by atoms with Crippen LogP contribution in [0.1, 0.15) is 37.7 Å². The van der Waals surface area contributed by atoms with Crippen molar-refractivity contribution in [3.05, 3.63) is 80.7 Å². The number of hydrogen-bond acceptors (Lipinski definition) is 5. The first kappa shape index (κ1) is 17.8. The summed E-state index contributed by atoms with van der Waals surface area (Å²) in [4.78, 5) is 43.2. The van der Waals surface area contributed by atoms with E-state index in [9.17, 15) is 14.4 Å². The third kappa shape index (κ3) is 4.31. The molecule has 0 aliphatic heterocycles. The second-order valence-corrected chi connectivity index (χ2v) is 6.74. The van der Waals surface area contributed by atoms with Crippen molar-refractivity contribution >= 4 is 28.2 Å². The summed E-state index contributed by atoms with van der Waals surface area (Å²) in [5, 5.41) is 2.98. The summed E-state index contributed by atoms with van der Waals surface area (Å²) in [5.74, 6) is -0.436. The summed E-state index contributed by atoms with van der Waals surface area (Å²) in [6.45, 7) is 1.75. The summed E-state index contributed by atoms with van der Waals surface area (Å²) in [5.41, 5.74) is 1.57. The van der Waals surface area contributed by atoms with Crippen LogP contribution in [0.4, 0.5) is 5.13 Å². The first-order valence-electron chi connectivity index (χ1n) is 8.07. The fourth-order valence-corrected chi connectivity index (χ4v) is 3.41. The fourth-order valence-electron chi connectivity index (χ4n) is 2.48. The van der Waals surface area contributed by atoms with Crippen LogP contribution >= 0.6 is 11.3 Å². The molecule has 2 heterocycles. The number of hydrogen-bond donors (Lipinski definition) is 2. The Morgan fingerprint density at radius 1 is 1.19 bits per heavy atom. The zero-order chi connectivity index (χ0) is 18.5. The lowest BCUT2D eigenvalue weighted by molar-refractivity contribution is 0.0984. The van der Waals surface area contributed by atoms with E-state index >= 15 is 0 Å². The van der Waals surface area contributed by atoms with Gasteiger partial charge < -0.3 is 4.98 Å². The molecule has 0 fully saturated rings. The van der Waals surface area contributed by atoms with Gasteiger partial charge in [0.1, 0.15) is 0 Å². The molecule has 0 saturated carbocycles. The number of rotatable bonds is 6. The number of thiazole rings is 1. The molecule has 3 rings (SSSR count). The van der Waals surface area contributed by atoms with E-state index in [-0.39, 0.29) is 16.9 Å². The molecule has 0 aliphatic carbocycles. The first-order chi connectivity index (χ1) is 12.5. The SMILES string of the molecule is Cc1nc(NC(=O)c2cc[nH]c(=O)c2)sc1C(=O)CCc1ccccc1. The Morgan fingerprint density at radius 2 is 1.96 bits per heavy atom. The maximum absolute atomic E-state index is 12.5. The van der Waals surface area contributed by atoms with Crippen LogP contribution in [0.2, 0.25) is 0 Å². The standard InChI is InChI=1S/C19H17N3O3S/c1-12-17(15(23)8-7-13-5-3-2-4-6-13)26-19(21-12)22-18(25)14-9-10-20-16(24)11-14/h2-6,9-11H,7-8H2,1H3,(H,20,24)(H,21,22,25). The number of carbonyl (C=O) groups is 2. The summed E-state index contributed by atoms with van der Waals surface area (Å²) >= 11 is 1.15. The smallest absolute Gasteiger partial charge is 0.257 e. The average molecular weight is 367 g/mol. The van der Waals surface area contributed by atoms with Crippen LogP contribution in [-0.2, 0) is 6.42 Å². The van der Waals surface area contributed by atoms with E-state index in [2.05, 4.69) is 15.3 Å². The maximum Gasteiger partial charge on any atom is 0.257 e. The Morgan fingerprint density at radius 3 is 2.69 bits per heavy atom. The summed E-state index contributed by atoms with van der Waals surface area (Å²) in [6, 6.07) is 12.5. The lowest BCUT2D eigenvalue weighted by Crippen LogP contribution is -2.15. The van der Waals surface area contributed by atoms with Crippen molar-refractivity contribution in [3.63, 3.8) is 0 Å². The van der Waals surface area contributed by atoms with Gasteiger partial charge in [-0.15, -0.1) is 0 Å². The summed E-state index contributed by atoms with van der Waals surface area (Å²) < 4.78 is 0. The normalized spacial score (nSPS) is 10.5. The Bertz CT molecular complexity index is 993. The van der Waals surface area contributed by atoms with Gasteiger partial charge in [0.2, 0.25) is 5.56 Å². The Hall–Kier alpha value is -3.06. The number of H-pyrrole nitrogens is 1. The van der Waals surface area contributed by atoms with Crippen LogP contribution in [0, 0.1) is 6.92 Å². The van der Waals surface area contributed by atoms with Crippen molar-refractivity contribution < 1.29 is 9.59 Å². The predicted octanol–water partition coefficient (Wildman–Crippen LogP) is 3.21. The molecule has 3 aromatic rings. The van der Waals surface area contributed by atoms with Crippen LogP contribution in [-0.4, -0.2) is 21.7 Å². The zero-order valence-corrected chi connectivity index (χ0v) is 14.9. The number of aryl methyl sites for hydroxylation is 2. The lowest BCUT2D eigenvalue weighted by Gasteiger charge is -2.00. The van der Waals surface area contributed by atoms with E-state index in [1.807, 2.05) is 30.3 Å². The third-order valence-corrected chi connectivity index (χ3v) is 4.91. The van der Waals surface area contributed by atoms with E-state index in [0.29, 0.717) is 28.5 Å². The fraction of sp³-hybridized carbons (Fsp3) is 0.158. The minimum atomic E-state index is -0.437. The van der Waals surface area contributed by atoms with Gasteiger partial charge in [-0.25, -0.2) is 4.98 Å². The number of amides is 1. The molecule has 0 atom stereocenters. The number of nitrogens with one attached hydrogen (secondary N) is 2. The van der Waals surface area contributed by atoms with Crippen LogP contribution in [0.25, 0.3) is 0 Å². The van der Waals surface area contributed by atoms with Crippen molar-refractivity contribution in [2.45, 2.75) is 19.8 Å². The van der Waals surface area contributed by atoms with Crippen molar-refractivity contribution in [2.24, 2.45) is 0 Å². The number of carbonyl (C=O) groups excluding carboxylic acids is 2. The number of benzene rings is 1. The number of anilines is 1. The van der Waals surface area contributed by atoms with Gasteiger partial charge in [0.05, 0.1) is 10.6 Å². The van der Waals surface area contributed by atoms with E-state index in [1.165, 1.54) is 18.3 Å². The summed E-state index contributed by atoms with van der Waals surface area (Å²) in [6.07, 6.45) is 2.45. The van der Waals surface area contributed by atoms with E-state index in [4.69, 9.17) is 0 Å². The molecule has 6 nitrogen and oxygen atoms in total. The molecule has 132 valence electrons. The van der Waals surface area contributed by atoms with Gasteiger partial charge in [0, 0.05) is 24.2 Å². The van der Waals surface area contributed by atoms with E-state index in [0.717, 1.165) is 16.9 Å². The first-order valence-corrected chi connectivity index (χ1v) is 8.89. The van der Waals surface area contributed by atoms with Gasteiger partial charge in [-0.05, 0) is 25.0 Å². The molecule has 0 saturated heterocycles. The van der Waals surface area contributed by atoms with Crippen LogP contribution in [0.3, 0.4) is 0 Å². The number of Topliss-reactive ketones (excluding diaryl/α,β-unsaturated/α-hetero) is 1. The highest BCUT2D eigenvalue weighted by Crippen LogP contribution is 2.25.